The van der Waals surface area contributed by atoms with E-state index in [2.05, 4.69) is 10.6 Å². The minimum absolute atomic E-state index is 0.0391. The molecule has 2 saturated heterocycles. The standard InChI is InChI=1S/C20H29N3O4/c1-26-18-4-3-16(20(25)23-10-12-27-13-11-23)14-17(18)22-19(24)5-2-15-6-8-21-9-7-15/h3-4,14-15,21H,2,5-13H2,1H3,(H,22,24). The summed E-state index contributed by atoms with van der Waals surface area (Å²) in [4.78, 5) is 26.9. The van der Waals surface area contributed by atoms with E-state index in [1.165, 1.54) is 0 Å². The quantitative estimate of drug-likeness (QED) is 0.794. The third-order valence-corrected chi connectivity index (χ3v) is 5.26. The van der Waals surface area contributed by atoms with Gasteiger partial charge in [0.25, 0.3) is 5.91 Å². The van der Waals surface area contributed by atoms with Crippen molar-refractivity contribution >= 4 is 17.5 Å². The van der Waals surface area contributed by atoms with Gasteiger partial charge in [-0.05, 0) is 56.5 Å². The molecule has 0 aliphatic carbocycles. The predicted molar refractivity (Wildman–Crippen MR) is 103 cm³/mol. The number of methoxy groups -OCH3 is 1. The van der Waals surface area contributed by atoms with Crippen molar-refractivity contribution in [2.75, 3.05) is 51.8 Å². The lowest BCUT2D eigenvalue weighted by atomic mass is 9.93. The van der Waals surface area contributed by atoms with Crippen molar-refractivity contribution in [1.82, 2.24) is 10.2 Å². The second kappa shape index (κ2) is 9.71. The number of morpholine rings is 1. The Morgan fingerprint density at radius 3 is 2.70 bits per heavy atom. The maximum Gasteiger partial charge on any atom is 0.254 e. The summed E-state index contributed by atoms with van der Waals surface area (Å²) in [5.41, 5.74) is 1.10. The molecule has 0 radical (unpaired) electrons. The average Bonchev–Trinajstić information content (AvgIpc) is 2.73. The first kappa shape index (κ1) is 19.6. The lowest BCUT2D eigenvalue weighted by molar-refractivity contribution is -0.116. The minimum Gasteiger partial charge on any atom is -0.495 e. The molecule has 2 fully saturated rings. The summed E-state index contributed by atoms with van der Waals surface area (Å²) in [5.74, 6) is 1.07. The third kappa shape index (κ3) is 5.43. The SMILES string of the molecule is COc1ccc(C(=O)N2CCOCC2)cc1NC(=O)CCC1CCNCC1. The highest BCUT2D eigenvalue weighted by atomic mass is 16.5. The fourth-order valence-electron chi connectivity index (χ4n) is 3.61. The van der Waals surface area contributed by atoms with Crippen LogP contribution >= 0.6 is 0 Å². The lowest BCUT2D eigenvalue weighted by Crippen LogP contribution is -2.40. The Morgan fingerprint density at radius 1 is 1.26 bits per heavy atom. The van der Waals surface area contributed by atoms with Crippen LogP contribution < -0.4 is 15.4 Å². The molecule has 27 heavy (non-hydrogen) atoms. The second-order valence-electron chi connectivity index (χ2n) is 7.10. The van der Waals surface area contributed by atoms with Gasteiger partial charge in [0.05, 0.1) is 26.0 Å². The first-order chi connectivity index (χ1) is 13.2. The number of carbonyl (C=O) groups excluding carboxylic acids is 2. The van der Waals surface area contributed by atoms with Gasteiger partial charge in [-0.15, -0.1) is 0 Å². The number of anilines is 1. The van der Waals surface area contributed by atoms with Crippen LogP contribution in [-0.2, 0) is 9.53 Å². The number of nitrogens with zero attached hydrogens (tertiary/aromatic N) is 1. The van der Waals surface area contributed by atoms with Crippen LogP contribution in [0.3, 0.4) is 0 Å². The van der Waals surface area contributed by atoms with E-state index in [4.69, 9.17) is 9.47 Å². The van der Waals surface area contributed by atoms with E-state index in [1.54, 1.807) is 30.2 Å². The van der Waals surface area contributed by atoms with Gasteiger partial charge in [0, 0.05) is 25.1 Å². The summed E-state index contributed by atoms with van der Waals surface area (Å²) < 4.78 is 10.7. The number of hydrogen-bond acceptors (Lipinski definition) is 5. The van der Waals surface area contributed by atoms with Crippen molar-refractivity contribution in [1.29, 1.82) is 0 Å². The number of nitrogens with one attached hydrogen (secondary N) is 2. The molecular weight excluding hydrogens is 346 g/mol. The van der Waals surface area contributed by atoms with Gasteiger partial charge in [0.1, 0.15) is 5.75 Å². The summed E-state index contributed by atoms with van der Waals surface area (Å²) in [5, 5.41) is 6.26. The first-order valence-corrected chi connectivity index (χ1v) is 9.73. The molecule has 7 heteroatoms. The summed E-state index contributed by atoms with van der Waals surface area (Å²) in [7, 11) is 1.56. The van der Waals surface area contributed by atoms with Gasteiger partial charge >= 0.3 is 0 Å². The third-order valence-electron chi connectivity index (χ3n) is 5.26. The zero-order valence-electron chi connectivity index (χ0n) is 16.0. The van der Waals surface area contributed by atoms with Crippen molar-refractivity contribution in [3.63, 3.8) is 0 Å². The molecule has 7 nitrogen and oxygen atoms in total. The van der Waals surface area contributed by atoms with E-state index < -0.39 is 0 Å². The molecular formula is C20H29N3O4. The molecule has 2 N–H and O–H groups in total. The average molecular weight is 375 g/mol. The number of piperidine rings is 1. The van der Waals surface area contributed by atoms with Gasteiger partial charge in [-0.1, -0.05) is 0 Å². The van der Waals surface area contributed by atoms with Crippen LogP contribution in [0.4, 0.5) is 5.69 Å². The van der Waals surface area contributed by atoms with Crippen molar-refractivity contribution < 1.29 is 19.1 Å². The van der Waals surface area contributed by atoms with Gasteiger partial charge in [0.15, 0.2) is 0 Å². The molecule has 0 bridgehead atoms. The smallest absolute Gasteiger partial charge is 0.254 e. The van der Waals surface area contributed by atoms with Crippen LogP contribution in [0.1, 0.15) is 36.0 Å². The number of carbonyl (C=O) groups is 2. The molecule has 1 aromatic carbocycles. The van der Waals surface area contributed by atoms with Gasteiger partial charge < -0.3 is 25.0 Å². The lowest BCUT2D eigenvalue weighted by Gasteiger charge is -2.27. The Labute approximate surface area is 160 Å². The summed E-state index contributed by atoms with van der Waals surface area (Å²) >= 11 is 0. The monoisotopic (exact) mass is 375 g/mol. The number of hydrogen-bond donors (Lipinski definition) is 2. The van der Waals surface area contributed by atoms with Crippen molar-refractivity contribution in [3.05, 3.63) is 23.8 Å². The van der Waals surface area contributed by atoms with Crippen LogP contribution in [0.2, 0.25) is 0 Å². The van der Waals surface area contributed by atoms with Crippen LogP contribution in [0, 0.1) is 5.92 Å². The summed E-state index contributed by atoms with van der Waals surface area (Å²) in [6, 6.07) is 5.18. The van der Waals surface area contributed by atoms with Crippen LogP contribution in [-0.4, -0.2) is 63.2 Å². The molecule has 0 unspecified atom stereocenters. The fourth-order valence-corrected chi connectivity index (χ4v) is 3.61. The topological polar surface area (TPSA) is 79.9 Å². The molecule has 3 rings (SSSR count). The highest BCUT2D eigenvalue weighted by molar-refractivity contribution is 5.98. The molecule has 0 saturated carbocycles. The largest absolute Gasteiger partial charge is 0.495 e. The second-order valence-corrected chi connectivity index (χ2v) is 7.10. The van der Waals surface area contributed by atoms with Crippen LogP contribution in [0.5, 0.6) is 5.75 Å². The molecule has 2 aliphatic heterocycles. The Balaban J connectivity index is 1.62. The fraction of sp³-hybridized carbons (Fsp3) is 0.600. The molecule has 2 aliphatic rings. The maximum atomic E-state index is 12.7. The molecule has 2 heterocycles. The zero-order valence-corrected chi connectivity index (χ0v) is 16.0. The predicted octanol–water partition coefficient (Wildman–Crippen LogP) is 1.89. The Morgan fingerprint density at radius 2 is 2.00 bits per heavy atom. The highest BCUT2D eigenvalue weighted by Gasteiger charge is 2.20. The molecule has 0 aromatic heterocycles. The molecule has 2 amide bonds. The van der Waals surface area contributed by atoms with E-state index >= 15 is 0 Å². The number of amides is 2. The van der Waals surface area contributed by atoms with Gasteiger partial charge in [-0.3, -0.25) is 9.59 Å². The molecule has 1 aromatic rings. The van der Waals surface area contributed by atoms with Crippen molar-refractivity contribution in [3.8, 4) is 5.75 Å². The van der Waals surface area contributed by atoms with E-state index in [9.17, 15) is 9.59 Å². The van der Waals surface area contributed by atoms with Crippen LogP contribution in [0.15, 0.2) is 18.2 Å². The maximum absolute atomic E-state index is 12.7. The number of rotatable bonds is 6. The van der Waals surface area contributed by atoms with E-state index in [1.807, 2.05) is 0 Å². The van der Waals surface area contributed by atoms with Crippen molar-refractivity contribution in [2.24, 2.45) is 5.92 Å². The van der Waals surface area contributed by atoms with E-state index in [-0.39, 0.29) is 11.8 Å². The summed E-state index contributed by atoms with van der Waals surface area (Å²) in [6.45, 7) is 4.35. The van der Waals surface area contributed by atoms with Gasteiger partial charge in [-0.25, -0.2) is 0 Å². The van der Waals surface area contributed by atoms with Crippen LogP contribution in [0.25, 0.3) is 0 Å². The first-order valence-electron chi connectivity index (χ1n) is 9.73. The van der Waals surface area contributed by atoms with Gasteiger partial charge in [0.2, 0.25) is 5.91 Å². The molecule has 0 spiro atoms. The van der Waals surface area contributed by atoms with Gasteiger partial charge in [-0.2, -0.15) is 0 Å². The van der Waals surface area contributed by atoms with E-state index in [0.717, 1.165) is 32.4 Å². The number of ether oxygens (including phenoxy) is 2. The number of benzene rings is 1. The van der Waals surface area contributed by atoms with Crippen molar-refractivity contribution in [2.45, 2.75) is 25.7 Å². The Kier molecular flexibility index (Phi) is 7.06. The molecule has 0 atom stereocenters. The Hall–Kier alpha value is -2.12. The highest BCUT2D eigenvalue weighted by Crippen LogP contribution is 2.27. The normalized spacial score (nSPS) is 18.2. The Bertz CT molecular complexity index is 653. The molecule has 148 valence electrons. The minimum atomic E-state index is -0.0499. The zero-order chi connectivity index (χ0) is 19.1. The van der Waals surface area contributed by atoms with E-state index in [0.29, 0.717) is 55.6 Å². The summed E-state index contributed by atoms with van der Waals surface area (Å²) in [6.07, 6.45) is 3.62.